The molecule has 33 heavy (non-hydrogen) atoms. The summed E-state index contributed by atoms with van der Waals surface area (Å²) in [5, 5.41) is 9.18. The summed E-state index contributed by atoms with van der Waals surface area (Å²) in [6.45, 7) is -0.580. The predicted molar refractivity (Wildman–Crippen MR) is 113 cm³/mol. The molecule has 0 radical (unpaired) electrons. The number of nitrogens with zero attached hydrogens (tertiary/aromatic N) is 1. The van der Waals surface area contributed by atoms with Crippen molar-refractivity contribution in [3.63, 3.8) is 0 Å². The van der Waals surface area contributed by atoms with Gasteiger partial charge in [0.15, 0.2) is 11.0 Å². The van der Waals surface area contributed by atoms with Crippen LogP contribution in [0.1, 0.15) is 0 Å². The first-order chi connectivity index (χ1) is 15.7. The number of carboxylic acid groups (broad SMARTS) is 1. The van der Waals surface area contributed by atoms with Crippen molar-refractivity contribution < 1.29 is 41.2 Å². The molecular formula is C23H20F5N2O3+. The zero-order valence-corrected chi connectivity index (χ0v) is 17.2. The first kappa shape index (κ1) is 24.0. The molecule has 0 atom stereocenters. The maximum absolute atomic E-state index is 13.1. The van der Waals surface area contributed by atoms with Gasteiger partial charge in [-0.25, -0.2) is 23.1 Å². The van der Waals surface area contributed by atoms with Crippen molar-refractivity contribution in [2.75, 3.05) is 20.0 Å². The van der Waals surface area contributed by atoms with Gasteiger partial charge in [0.25, 0.3) is 5.82 Å². The molecule has 0 aliphatic rings. The largest absolute Gasteiger partial charge is 0.491 e. The van der Waals surface area contributed by atoms with Crippen molar-refractivity contribution >= 4 is 27.8 Å². The van der Waals surface area contributed by atoms with Gasteiger partial charge < -0.3 is 9.84 Å². The molecule has 1 aromatic heterocycles. The zero-order valence-electron chi connectivity index (χ0n) is 17.2. The Morgan fingerprint density at radius 2 is 1.64 bits per heavy atom. The lowest BCUT2D eigenvalue weighted by atomic mass is 10.1. The van der Waals surface area contributed by atoms with Crippen LogP contribution in [-0.4, -0.2) is 42.2 Å². The molecule has 1 heterocycles. The molecule has 5 nitrogen and oxygen atoms in total. The van der Waals surface area contributed by atoms with Gasteiger partial charge in [-0.3, -0.25) is 0 Å². The number of hydrogen-bond donors (Lipinski definition) is 2. The number of halogens is 5. The van der Waals surface area contributed by atoms with Crippen LogP contribution in [0.4, 0.5) is 22.0 Å². The molecule has 0 amide bonds. The number of imidazole rings is 1. The Hall–Kier alpha value is -3.69. The number of rotatable bonds is 6. The maximum atomic E-state index is 13.1. The van der Waals surface area contributed by atoms with Gasteiger partial charge in [0, 0.05) is 0 Å². The highest BCUT2D eigenvalue weighted by molar-refractivity contribution is 5.88. The first-order valence-corrected chi connectivity index (χ1v) is 9.84. The Morgan fingerprint density at radius 1 is 0.970 bits per heavy atom. The molecule has 0 fully saturated rings. The average molecular weight is 467 g/mol. The summed E-state index contributed by atoms with van der Waals surface area (Å²) in [5.41, 5.74) is 2.95. The fraction of sp³-hybridized carbons (Fsp3) is 0.217. The van der Waals surface area contributed by atoms with Crippen molar-refractivity contribution in [3.8, 4) is 17.1 Å². The molecule has 0 aliphatic heterocycles. The second-order valence-electron chi connectivity index (χ2n) is 6.90. The average Bonchev–Trinajstić information content (AvgIpc) is 3.16. The number of carboxylic acids is 1. The van der Waals surface area contributed by atoms with Gasteiger partial charge >= 0.3 is 12.1 Å². The van der Waals surface area contributed by atoms with Crippen LogP contribution in [-0.2, 0) is 11.3 Å². The van der Waals surface area contributed by atoms with E-state index < -0.39 is 25.5 Å². The predicted octanol–water partition coefficient (Wildman–Crippen LogP) is 5.23. The summed E-state index contributed by atoms with van der Waals surface area (Å²) in [7, 11) is 0. The number of aliphatic carboxylic acids is 1. The van der Waals surface area contributed by atoms with E-state index in [1.165, 1.54) is 0 Å². The van der Waals surface area contributed by atoms with Crippen LogP contribution < -0.4 is 9.30 Å². The Kier molecular flexibility index (Phi) is 7.47. The van der Waals surface area contributed by atoms with Crippen molar-refractivity contribution in [2.24, 2.45) is 0 Å². The molecule has 0 aliphatic carbocycles. The van der Waals surface area contributed by atoms with E-state index in [0.29, 0.717) is 12.3 Å². The highest BCUT2D eigenvalue weighted by Gasteiger charge is 2.38. The number of aryl methyl sites for hydroxylation is 1. The monoisotopic (exact) mass is 467 g/mol. The van der Waals surface area contributed by atoms with Crippen molar-refractivity contribution in [1.82, 2.24) is 4.98 Å². The van der Waals surface area contributed by atoms with Crippen molar-refractivity contribution in [2.45, 2.75) is 12.7 Å². The SMILES string of the molecule is FCCOc1ccc2cc(-c3[nH]c4ccccc4[n+]3CCF)ccc2c1.O=C(O)C(F)(F)F. The van der Waals surface area contributed by atoms with Crippen LogP contribution >= 0.6 is 0 Å². The van der Waals surface area contributed by atoms with Gasteiger partial charge in [-0.1, -0.05) is 24.3 Å². The lowest BCUT2D eigenvalue weighted by Gasteiger charge is -2.06. The second-order valence-corrected chi connectivity index (χ2v) is 6.90. The summed E-state index contributed by atoms with van der Waals surface area (Å²) in [6, 6.07) is 19.6. The van der Waals surface area contributed by atoms with Crippen molar-refractivity contribution in [1.29, 1.82) is 0 Å². The van der Waals surface area contributed by atoms with Crippen LogP contribution in [0.2, 0.25) is 0 Å². The molecule has 3 aromatic carbocycles. The summed E-state index contributed by atoms with van der Waals surface area (Å²) in [6.07, 6.45) is -5.08. The smallest absolute Gasteiger partial charge is 0.490 e. The molecule has 0 saturated carbocycles. The van der Waals surface area contributed by atoms with Gasteiger partial charge in [0.2, 0.25) is 0 Å². The van der Waals surface area contributed by atoms with E-state index in [9.17, 15) is 22.0 Å². The molecule has 2 N–H and O–H groups in total. The van der Waals surface area contributed by atoms with E-state index in [-0.39, 0.29) is 6.61 Å². The molecule has 0 saturated heterocycles. The van der Waals surface area contributed by atoms with E-state index in [0.717, 1.165) is 33.2 Å². The normalized spacial score (nSPS) is 11.3. The number of para-hydroxylation sites is 2. The van der Waals surface area contributed by atoms with Crippen LogP contribution in [0.5, 0.6) is 5.75 Å². The molecule has 0 spiro atoms. The number of nitrogens with one attached hydrogen (secondary N) is 1. The van der Waals surface area contributed by atoms with E-state index in [1.54, 1.807) is 0 Å². The number of hydrogen-bond acceptors (Lipinski definition) is 2. The fourth-order valence-electron chi connectivity index (χ4n) is 3.29. The van der Waals surface area contributed by atoms with E-state index in [1.807, 2.05) is 59.2 Å². The molecule has 4 rings (SSSR count). The van der Waals surface area contributed by atoms with Crippen LogP contribution in [0.25, 0.3) is 33.2 Å². The number of aromatic amines is 1. The molecule has 4 aromatic rings. The number of alkyl halides is 5. The van der Waals surface area contributed by atoms with Gasteiger partial charge in [-0.15, -0.1) is 0 Å². The van der Waals surface area contributed by atoms with Gasteiger partial charge in [-0.2, -0.15) is 13.2 Å². The Bertz CT molecular complexity index is 1250. The van der Waals surface area contributed by atoms with Crippen molar-refractivity contribution in [3.05, 3.63) is 60.7 Å². The first-order valence-electron chi connectivity index (χ1n) is 9.84. The Morgan fingerprint density at radius 3 is 2.30 bits per heavy atom. The topological polar surface area (TPSA) is 66.2 Å². The number of aromatic nitrogens is 2. The molecule has 10 heteroatoms. The lowest BCUT2D eigenvalue weighted by molar-refractivity contribution is -0.660. The summed E-state index contributed by atoms with van der Waals surface area (Å²) in [5.74, 6) is -1.22. The van der Waals surface area contributed by atoms with Crippen LogP contribution in [0, 0.1) is 0 Å². The highest BCUT2D eigenvalue weighted by Crippen LogP contribution is 2.26. The molecule has 0 unspecified atom stereocenters. The Balaban J connectivity index is 0.000000383. The van der Waals surface area contributed by atoms with Gasteiger partial charge in [-0.05, 0) is 47.2 Å². The highest BCUT2D eigenvalue weighted by atomic mass is 19.4. The minimum atomic E-state index is -5.08. The quantitative estimate of drug-likeness (QED) is 0.302. The number of H-pyrrole nitrogens is 1. The third-order valence-corrected chi connectivity index (χ3v) is 4.70. The van der Waals surface area contributed by atoms with E-state index in [4.69, 9.17) is 14.6 Å². The third kappa shape index (κ3) is 5.76. The number of fused-ring (bicyclic) bond motifs is 2. The van der Waals surface area contributed by atoms with E-state index in [2.05, 4.69) is 11.1 Å². The summed E-state index contributed by atoms with van der Waals surface area (Å²) >= 11 is 0. The Labute approximate surface area is 185 Å². The second kappa shape index (κ2) is 10.3. The maximum Gasteiger partial charge on any atom is 0.490 e. The van der Waals surface area contributed by atoms with Gasteiger partial charge in [0.05, 0.1) is 5.56 Å². The molecular weight excluding hydrogens is 447 g/mol. The molecule has 174 valence electrons. The summed E-state index contributed by atoms with van der Waals surface area (Å²) in [4.78, 5) is 12.3. The minimum Gasteiger partial charge on any atom is -0.491 e. The number of benzene rings is 3. The number of ether oxygens (including phenoxy) is 1. The standard InChI is InChI=1S/C21H18F2N2O.C2HF3O2/c22-9-11-25-20-4-2-1-3-19(20)24-21(25)17-6-5-16-14-18(26-12-10-23)8-7-15(16)13-17;3-2(4,5)1(6)7/h1-8,13-14H,9-12H2;(H,6,7)/p+1. The zero-order chi connectivity index (χ0) is 24.0. The van der Waals surface area contributed by atoms with E-state index >= 15 is 0 Å². The third-order valence-electron chi connectivity index (χ3n) is 4.70. The number of carbonyl (C=O) groups is 1. The van der Waals surface area contributed by atoms with Crippen LogP contribution in [0.3, 0.4) is 0 Å². The van der Waals surface area contributed by atoms with Gasteiger partial charge in [0.1, 0.15) is 32.3 Å². The lowest BCUT2D eigenvalue weighted by Crippen LogP contribution is -2.36. The minimum absolute atomic E-state index is 0.0574. The molecule has 0 bridgehead atoms. The fourth-order valence-corrected chi connectivity index (χ4v) is 3.29. The summed E-state index contributed by atoms with van der Waals surface area (Å²) < 4.78 is 64.4. The van der Waals surface area contributed by atoms with Crippen LogP contribution in [0.15, 0.2) is 60.7 Å².